The molecule has 1 aromatic carbocycles. The highest BCUT2D eigenvalue weighted by Gasteiger charge is 2.18. The number of aromatic nitrogens is 2. The summed E-state index contributed by atoms with van der Waals surface area (Å²) in [4.78, 5) is 12.2. The summed E-state index contributed by atoms with van der Waals surface area (Å²) < 4.78 is 5.11. The molecule has 0 spiro atoms. The van der Waals surface area contributed by atoms with Gasteiger partial charge in [0, 0.05) is 22.7 Å². The molecule has 0 aliphatic carbocycles. The van der Waals surface area contributed by atoms with Crippen LogP contribution in [0.5, 0.6) is 5.75 Å². The molecule has 0 unspecified atom stereocenters. The van der Waals surface area contributed by atoms with Crippen molar-refractivity contribution < 1.29 is 9.53 Å². The Balaban J connectivity index is 2.16. The van der Waals surface area contributed by atoms with E-state index in [1.165, 1.54) is 7.11 Å². The van der Waals surface area contributed by atoms with E-state index in [4.69, 9.17) is 10.5 Å². The van der Waals surface area contributed by atoms with E-state index in [1.54, 1.807) is 18.2 Å². The molecule has 1 heterocycles. The van der Waals surface area contributed by atoms with Crippen LogP contribution in [0.25, 0.3) is 0 Å². The van der Waals surface area contributed by atoms with Crippen molar-refractivity contribution in [2.45, 2.75) is 26.2 Å². The minimum absolute atomic E-state index is 0.0552. The average Bonchev–Trinajstić information content (AvgIpc) is 2.87. The zero-order chi connectivity index (χ0) is 15.6. The maximum atomic E-state index is 12.2. The average molecular weight is 288 g/mol. The highest BCUT2D eigenvalue weighted by Crippen LogP contribution is 2.24. The molecule has 6 nitrogen and oxygen atoms in total. The molecule has 1 amide bonds. The van der Waals surface area contributed by atoms with E-state index in [0.29, 0.717) is 22.8 Å². The number of carbonyl (C=O) groups is 1. The summed E-state index contributed by atoms with van der Waals surface area (Å²) in [6, 6.07) is 6.71. The Morgan fingerprint density at radius 2 is 2.05 bits per heavy atom. The van der Waals surface area contributed by atoms with Crippen molar-refractivity contribution in [2.24, 2.45) is 0 Å². The van der Waals surface area contributed by atoms with Gasteiger partial charge in [-0.3, -0.25) is 9.89 Å². The summed E-state index contributed by atoms with van der Waals surface area (Å²) >= 11 is 0. The van der Waals surface area contributed by atoms with Gasteiger partial charge in [0.2, 0.25) is 0 Å². The quantitative estimate of drug-likeness (QED) is 0.757. The van der Waals surface area contributed by atoms with Crippen LogP contribution in [0.1, 0.15) is 36.8 Å². The molecular formula is C15H20N4O2. The Hall–Kier alpha value is -2.50. The van der Waals surface area contributed by atoms with E-state index >= 15 is 0 Å². The molecule has 2 rings (SSSR count). The highest BCUT2D eigenvalue weighted by molar-refractivity contribution is 6.04. The first-order valence-electron chi connectivity index (χ1n) is 6.62. The summed E-state index contributed by atoms with van der Waals surface area (Å²) in [7, 11) is 1.51. The summed E-state index contributed by atoms with van der Waals surface area (Å²) in [6.45, 7) is 6.20. The summed E-state index contributed by atoms with van der Waals surface area (Å²) in [6.07, 6.45) is 0. The van der Waals surface area contributed by atoms with E-state index in [2.05, 4.69) is 36.3 Å². The standard InChI is InChI=1S/C15H20N4O2/c1-15(2,3)12-8-13(19-18-12)17-14(20)9-5-6-10(16)11(7-9)21-4/h5-8H,16H2,1-4H3,(H2,17,18,19,20). The monoisotopic (exact) mass is 288 g/mol. The van der Waals surface area contributed by atoms with Crippen LogP contribution in [-0.4, -0.2) is 23.2 Å². The van der Waals surface area contributed by atoms with Crippen molar-refractivity contribution in [3.63, 3.8) is 0 Å². The fraction of sp³-hybridized carbons (Fsp3) is 0.333. The number of anilines is 2. The SMILES string of the molecule is COc1cc(C(=O)Nc2cc(C(C)(C)C)[nH]n2)ccc1N. The maximum Gasteiger partial charge on any atom is 0.257 e. The second kappa shape index (κ2) is 5.47. The number of nitrogens with zero attached hydrogens (tertiary/aromatic N) is 1. The molecule has 0 saturated carbocycles. The normalized spacial score (nSPS) is 11.2. The molecule has 21 heavy (non-hydrogen) atoms. The van der Waals surface area contributed by atoms with Gasteiger partial charge in [-0.25, -0.2) is 0 Å². The minimum atomic E-state index is -0.264. The lowest BCUT2D eigenvalue weighted by molar-refractivity contribution is 0.102. The van der Waals surface area contributed by atoms with Gasteiger partial charge in [0.1, 0.15) is 5.75 Å². The van der Waals surface area contributed by atoms with E-state index < -0.39 is 0 Å². The van der Waals surface area contributed by atoms with Crippen LogP contribution in [0.4, 0.5) is 11.5 Å². The van der Waals surface area contributed by atoms with Crippen LogP contribution in [0.15, 0.2) is 24.3 Å². The lowest BCUT2D eigenvalue weighted by atomic mass is 9.92. The van der Waals surface area contributed by atoms with Gasteiger partial charge in [0.15, 0.2) is 5.82 Å². The minimum Gasteiger partial charge on any atom is -0.495 e. The number of rotatable bonds is 3. The summed E-state index contributed by atoms with van der Waals surface area (Å²) in [5.41, 5.74) is 7.58. The number of nitrogens with two attached hydrogens (primary N) is 1. The van der Waals surface area contributed by atoms with Crippen LogP contribution < -0.4 is 15.8 Å². The van der Waals surface area contributed by atoms with E-state index in [0.717, 1.165) is 5.69 Å². The number of benzene rings is 1. The van der Waals surface area contributed by atoms with Crippen LogP contribution in [-0.2, 0) is 5.41 Å². The predicted octanol–water partition coefficient (Wildman–Crippen LogP) is 2.55. The molecule has 0 aliphatic heterocycles. The molecule has 1 aromatic heterocycles. The number of methoxy groups -OCH3 is 1. The van der Waals surface area contributed by atoms with Gasteiger partial charge in [0.25, 0.3) is 5.91 Å². The molecule has 0 fully saturated rings. The van der Waals surface area contributed by atoms with Crippen molar-refractivity contribution in [2.75, 3.05) is 18.2 Å². The van der Waals surface area contributed by atoms with Crippen molar-refractivity contribution in [3.8, 4) is 5.75 Å². The van der Waals surface area contributed by atoms with Gasteiger partial charge in [-0.2, -0.15) is 5.10 Å². The topological polar surface area (TPSA) is 93.0 Å². The number of hydrogen-bond acceptors (Lipinski definition) is 4. The fourth-order valence-electron chi connectivity index (χ4n) is 1.81. The number of aromatic amines is 1. The Labute approximate surface area is 123 Å². The van der Waals surface area contributed by atoms with Gasteiger partial charge >= 0.3 is 0 Å². The molecule has 0 atom stereocenters. The Kier molecular flexibility index (Phi) is 3.88. The highest BCUT2D eigenvalue weighted by atomic mass is 16.5. The zero-order valence-corrected chi connectivity index (χ0v) is 12.7. The number of H-pyrrole nitrogens is 1. The van der Waals surface area contributed by atoms with Crippen LogP contribution in [0.2, 0.25) is 0 Å². The number of ether oxygens (including phenoxy) is 1. The largest absolute Gasteiger partial charge is 0.495 e. The molecule has 112 valence electrons. The van der Waals surface area contributed by atoms with E-state index in [9.17, 15) is 4.79 Å². The van der Waals surface area contributed by atoms with E-state index in [-0.39, 0.29) is 11.3 Å². The van der Waals surface area contributed by atoms with Gasteiger partial charge in [0.05, 0.1) is 12.8 Å². The molecular weight excluding hydrogens is 268 g/mol. The lowest BCUT2D eigenvalue weighted by Crippen LogP contribution is -2.13. The molecule has 6 heteroatoms. The zero-order valence-electron chi connectivity index (χ0n) is 12.7. The van der Waals surface area contributed by atoms with Crippen LogP contribution in [0, 0.1) is 0 Å². The van der Waals surface area contributed by atoms with Crippen molar-refractivity contribution >= 4 is 17.4 Å². The van der Waals surface area contributed by atoms with E-state index in [1.807, 2.05) is 6.07 Å². The van der Waals surface area contributed by atoms with Gasteiger partial charge in [-0.1, -0.05) is 20.8 Å². The third-order valence-corrected chi connectivity index (χ3v) is 3.12. The van der Waals surface area contributed by atoms with Gasteiger partial charge < -0.3 is 15.8 Å². The second-order valence-electron chi connectivity index (χ2n) is 5.83. The first-order chi connectivity index (χ1) is 9.81. The molecule has 0 radical (unpaired) electrons. The molecule has 0 aliphatic rings. The molecule has 0 saturated heterocycles. The van der Waals surface area contributed by atoms with Gasteiger partial charge in [-0.05, 0) is 18.2 Å². The fourth-order valence-corrected chi connectivity index (χ4v) is 1.81. The first kappa shape index (κ1) is 14.9. The molecule has 4 N–H and O–H groups in total. The number of carbonyl (C=O) groups excluding carboxylic acids is 1. The van der Waals surface area contributed by atoms with Crippen LogP contribution in [0.3, 0.4) is 0 Å². The maximum absolute atomic E-state index is 12.2. The molecule has 2 aromatic rings. The van der Waals surface area contributed by atoms with Crippen molar-refractivity contribution in [1.29, 1.82) is 0 Å². The Morgan fingerprint density at radius 3 is 2.62 bits per heavy atom. The Morgan fingerprint density at radius 1 is 1.33 bits per heavy atom. The number of nitrogens with one attached hydrogen (secondary N) is 2. The van der Waals surface area contributed by atoms with Crippen molar-refractivity contribution in [1.82, 2.24) is 10.2 Å². The predicted molar refractivity (Wildman–Crippen MR) is 82.6 cm³/mol. The lowest BCUT2D eigenvalue weighted by Gasteiger charge is -2.14. The Bertz CT molecular complexity index is 656. The number of hydrogen-bond donors (Lipinski definition) is 3. The smallest absolute Gasteiger partial charge is 0.257 e. The number of nitrogen functional groups attached to an aromatic ring is 1. The molecule has 0 bridgehead atoms. The first-order valence-corrected chi connectivity index (χ1v) is 6.62. The van der Waals surface area contributed by atoms with Crippen molar-refractivity contribution in [3.05, 3.63) is 35.5 Å². The van der Waals surface area contributed by atoms with Crippen LogP contribution >= 0.6 is 0 Å². The number of amides is 1. The second-order valence-corrected chi connectivity index (χ2v) is 5.83. The summed E-state index contributed by atoms with van der Waals surface area (Å²) in [5.74, 6) is 0.695. The summed E-state index contributed by atoms with van der Waals surface area (Å²) in [5, 5.41) is 9.76. The van der Waals surface area contributed by atoms with Gasteiger partial charge in [-0.15, -0.1) is 0 Å². The third-order valence-electron chi connectivity index (χ3n) is 3.12. The third kappa shape index (κ3) is 3.34.